The summed E-state index contributed by atoms with van der Waals surface area (Å²) in [7, 11) is 0. The number of rotatable bonds is 6. The second-order valence-electron chi connectivity index (χ2n) is 5.72. The van der Waals surface area contributed by atoms with Gasteiger partial charge in [-0.1, -0.05) is 30.3 Å². The number of carbonyl (C=O) groups excluding carboxylic acids is 1. The molecule has 0 spiro atoms. The number of benzene rings is 1. The van der Waals surface area contributed by atoms with Crippen LogP contribution in [-0.4, -0.2) is 38.2 Å². The summed E-state index contributed by atoms with van der Waals surface area (Å²) in [5.41, 5.74) is 0.724. The van der Waals surface area contributed by atoms with E-state index in [9.17, 15) is 9.90 Å². The third kappa shape index (κ3) is 4.73. The first-order chi connectivity index (χ1) is 11.4. The fourth-order valence-electron chi connectivity index (χ4n) is 2.26. The predicted octanol–water partition coefficient (Wildman–Crippen LogP) is 1.95. The number of aliphatic hydroxyl groups excluding tert-OH is 1. The summed E-state index contributed by atoms with van der Waals surface area (Å²) >= 11 is 0. The van der Waals surface area contributed by atoms with Crippen molar-refractivity contribution >= 4 is 11.9 Å². The fraction of sp³-hybridized carbons (Fsp3) is 0.412. The Morgan fingerprint density at radius 3 is 2.21 bits per heavy atom. The first-order valence-corrected chi connectivity index (χ1v) is 7.76. The van der Waals surface area contributed by atoms with Crippen LogP contribution in [0.5, 0.6) is 0 Å². The van der Waals surface area contributed by atoms with Crippen LogP contribution < -0.4 is 5.32 Å². The van der Waals surface area contributed by atoms with E-state index in [1.807, 2.05) is 30.3 Å². The van der Waals surface area contributed by atoms with E-state index in [2.05, 4.69) is 20.3 Å². The van der Waals surface area contributed by atoms with Gasteiger partial charge in [0.25, 0.3) is 0 Å². The van der Waals surface area contributed by atoms with E-state index in [4.69, 9.17) is 4.74 Å². The van der Waals surface area contributed by atoms with Gasteiger partial charge in [0.1, 0.15) is 11.6 Å². The highest BCUT2D eigenvalue weighted by Crippen LogP contribution is 2.22. The zero-order chi connectivity index (χ0) is 17.7. The molecule has 0 aliphatic carbocycles. The van der Waals surface area contributed by atoms with Gasteiger partial charge in [-0.05, 0) is 33.3 Å². The van der Waals surface area contributed by atoms with E-state index in [0.717, 1.165) is 5.56 Å². The molecule has 1 heterocycles. The molecule has 1 aromatic carbocycles. The molecule has 128 valence electrons. The first-order valence-electron chi connectivity index (χ1n) is 7.76. The number of nitrogens with one attached hydrogen (secondary N) is 1. The highest BCUT2D eigenvalue weighted by molar-refractivity contribution is 5.76. The van der Waals surface area contributed by atoms with E-state index in [1.54, 1.807) is 27.7 Å². The molecule has 2 atom stereocenters. The molecular weight excluding hydrogens is 308 g/mol. The summed E-state index contributed by atoms with van der Waals surface area (Å²) < 4.78 is 5.12. The molecule has 0 amide bonds. The lowest BCUT2D eigenvalue weighted by Crippen LogP contribution is -2.36. The van der Waals surface area contributed by atoms with Crippen molar-refractivity contribution in [1.29, 1.82) is 0 Å². The third-order valence-corrected chi connectivity index (χ3v) is 3.21. The van der Waals surface area contributed by atoms with Crippen molar-refractivity contribution in [2.24, 2.45) is 0 Å². The molecule has 2 aromatic rings. The van der Waals surface area contributed by atoms with Crippen molar-refractivity contribution in [3.8, 4) is 0 Å². The summed E-state index contributed by atoms with van der Waals surface area (Å²) in [5.74, 6) is 0.700. The number of aliphatic hydroxyl groups is 1. The SMILES string of the molecule is Cc1nc(C)nc(N[C@@H](c2ccccc2)[C@@H](O)C(=O)OC(C)C)n1. The molecule has 0 radical (unpaired) electrons. The lowest BCUT2D eigenvalue weighted by Gasteiger charge is -2.24. The second-order valence-corrected chi connectivity index (χ2v) is 5.72. The van der Waals surface area contributed by atoms with Crippen molar-refractivity contribution in [1.82, 2.24) is 15.0 Å². The summed E-state index contributed by atoms with van der Waals surface area (Å²) in [5, 5.41) is 13.5. The van der Waals surface area contributed by atoms with Gasteiger partial charge in [0.2, 0.25) is 5.95 Å². The number of nitrogens with zero attached hydrogens (tertiary/aromatic N) is 3. The van der Waals surface area contributed by atoms with Crippen molar-refractivity contribution in [2.45, 2.75) is 45.9 Å². The zero-order valence-corrected chi connectivity index (χ0v) is 14.2. The Labute approximate surface area is 141 Å². The molecule has 0 bridgehead atoms. The quantitative estimate of drug-likeness (QED) is 0.781. The summed E-state index contributed by atoms with van der Waals surface area (Å²) in [6.07, 6.45) is -1.71. The zero-order valence-electron chi connectivity index (χ0n) is 14.2. The molecule has 2 N–H and O–H groups in total. The van der Waals surface area contributed by atoms with Gasteiger partial charge in [0.05, 0.1) is 12.1 Å². The van der Waals surface area contributed by atoms with E-state index in [1.165, 1.54) is 0 Å². The Bertz CT molecular complexity index is 671. The molecule has 0 fully saturated rings. The van der Waals surface area contributed by atoms with Crippen LogP contribution in [0.15, 0.2) is 30.3 Å². The molecule has 0 saturated carbocycles. The standard InChI is InChI=1S/C17H22N4O3/c1-10(2)24-16(23)15(22)14(13-8-6-5-7-9-13)21-17-19-11(3)18-12(4)20-17/h5-10,14-15,22H,1-4H3,(H,18,19,20,21)/t14-,15+/m0/s1. The lowest BCUT2D eigenvalue weighted by molar-refractivity contribution is -0.158. The highest BCUT2D eigenvalue weighted by Gasteiger charge is 2.30. The van der Waals surface area contributed by atoms with Crippen LogP contribution in [0.3, 0.4) is 0 Å². The molecule has 0 unspecified atom stereocenters. The molecule has 24 heavy (non-hydrogen) atoms. The Balaban J connectivity index is 2.31. The maximum absolute atomic E-state index is 12.1. The van der Waals surface area contributed by atoms with Crippen LogP contribution >= 0.6 is 0 Å². The Morgan fingerprint density at radius 2 is 1.67 bits per heavy atom. The summed E-state index contributed by atoms with van der Waals surface area (Å²) in [4.78, 5) is 24.7. The second kappa shape index (κ2) is 7.83. The average Bonchev–Trinajstić information content (AvgIpc) is 2.51. The van der Waals surface area contributed by atoms with Gasteiger partial charge in [0.15, 0.2) is 6.10 Å². The van der Waals surface area contributed by atoms with Gasteiger partial charge >= 0.3 is 5.97 Å². The molecule has 7 heteroatoms. The summed E-state index contributed by atoms with van der Waals surface area (Å²) in [6.45, 7) is 6.96. The van der Waals surface area contributed by atoms with Crippen LogP contribution in [0, 0.1) is 13.8 Å². The Kier molecular flexibility index (Phi) is 5.81. The van der Waals surface area contributed by atoms with Crippen LogP contribution in [0.4, 0.5) is 5.95 Å². The lowest BCUT2D eigenvalue weighted by atomic mass is 10.0. The molecule has 1 aromatic heterocycles. The molecule has 0 saturated heterocycles. The van der Waals surface area contributed by atoms with Crippen LogP contribution in [0.1, 0.15) is 37.1 Å². The first kappa shape index (κ1) is 17.8. The van der Waals surface area contributed by atoms with Crippen molar-refractivity contribution in [3.05, 3.63) is 47.5 Å². The number of carbonyl (C=O) groups is 1. The number of esters is 1. The van der Waals surface area contributed by atoms with Gasteiger partial charge in [-0.15, -0.1) is 0 Å². The maximum atomic E-state index is 12.1. The minimum atomic E-state index is -1.40. The van der Waals surface area contributed by atoms with Crippen LogP contribution in [0.25, 0.3) is 0 Å². The maximum Gasteiger partial charge on any atom is 0.337 e. The normalized spacial score (nSPS) is 13.4. The van der Waals surface area contributed by atoms with E-state index < -0.39 is 18.1 Å². The monoisotopic (exact) mass is 330 g/mol. The van der Waals surface area contributed by atoms with Crippen molar-refractivity contribution in [2.75, 3.05) is 5.32 Å². The number of ether oxygens (including phenoxy) is 1. The molecule has 7 nitrogen and oxygen atoms in total. The number of aromatic nitrogens is 3. The van der Waals surface area contributed by atoms with Crippen molar-refractivity contribution in [3.63, 3.8) is 0 Å². The number of hydrogen-bond donors (Lipinski definition) is 2. The van der Waals surface area contributed by atoms with E-state index >= 15 is 0 Å². The predicted molar refractivity (Wildman–Crippen MR) is 89.3 cm³/mol. The largest absolute Gasteiger partial charge is 0.461 e. The minimum absolute atomic E-state index is 0.297. The Hall–Kier alpha value is -2.54. The molecule has 0 aliphatic rings. The summed E-state index contributed by atoms with van der Waals surface area (Å²) in [6, 6.07) is 8.40. The molecular formula is C17H22N4O3. The number of anilines is 1. The van der Waals surface area contributed by atoms with Gasteiger partial charge in [-0.3, -0.25) is 0 Å². The highest BCUT2D eigenvalue weighted by atomic mass is 16.6. The fourth-order valence-corrected chi connectivity index (χ4v) is 2.26. The molecule has 0 aliphatic heterocycles. The van der Waals surface area contributed by atoms with Gasteiger partial charge in [-0.25, -0.2) is 9.78 Å². The third-order valence-electron chi connectivity index (χ3n) is 3.21. The van der Waals surface area contributed by atoms with Gasteiger partial charge in [0, 0.05) is 0 Å². The number of aryl methyl sites for hydroxylation is 2. The topological polar surface area (TPSA) is 97.2 Å². The molecule has 2 rings (SSSR count). The van der Waals surface area contributed by atoms with Gasteiger partial charge in [-0.2, -0.15) is 9.97 Å². The van der Waals surface area contributed by atoms with Gasteiger partial charge < -0.3 is 15.2 Å². The van der Waals surface area contributed by atoms with Crippen molar-refractivity contribution < 1.29 is 14.6 Å². The average molecular weight is 330 g/mol. The van der Waals surface area contributed by atoms with E-state index in [0.29, 0.717) is 17.6 Å². The Morgan fingerprint density at radius 1 is 1.08 bits per heavy atom. The van der Waals surface area contributed by atoms with E-state index in [-0.39, 0.29) is 6.10 Å². The minimum Gasteiger partial charge on any atom is -0.461 e. The smallest absolute Gasteiger partial charge is 0.337 e. The van der Waals surface area contributed by atoms with Crippen LogP contribution in [-0.2, 0) is 9.53 Å². The number of hydrogen-bond acceptors (Lipinski definition) is 7. The van der Waals surface area contributed by atoms with Crippen LogP contribution in [0.2, 0.25) is 0 Å².